The average molecular weight is 403 g/mol. The normalized spacial score (nSPS) is 23.8. The Hall–Kier alpha value is -1.11. The first-order chi connectivity index (χ1) is 11.7. The zero-order valence-electron chi connectivity index (χ0n) is 13.9. The topological polar surface area (TPSA) is 36.3 Å². The third-order valence-corrected chi connectivity index (χ3v) is 5.90. The van der Waals surface area contributed by atoms with Crippen LogP contribution in [0.3, 0.4) is 0 Å². The fourth-order valence-electron chi connectivity index (χ4n) is 3.75. The largest absolute Gasteiger partial charge is 0.493 e. The van der Waals surface area contributed by atoms with Crippen molar-refractivity contribution in [3.05, 3.63) is 41.1 Å². The fraction of sp³-hybridized carbons (Fsp3) is 0.471. The Bertz CT molecular complexity index is 835. The summed E-state index contributed by atoms with van der Waals surface area (Å²) in [7, 11) is 0. The van der Waals surface area contributed by atoms with Crippen molar-refractivity contribution in [3.63, 3.8) is 0 Å². The molecule has 8 heteroatoms. The molecule has 4 nitrogen and oxygen atoms in total. The van der Waals surface area contributed by atoms with Crippen LogP contribution < -0.4 is 9.47 Å². The lowest BCUT2D eigenvalue weighted by atomic mass is 9.70. The highest BCUT2D eigenvalue weighted by molar-refractivity contribution is 8.01. The summed E-state index contributed by atoms with van der Waals surface area (Å²) in [6, 6.07) is 7.97. The van der Waals surface area contributed by atoms with E-state index in [1.165, 1.54) is 4.09 Å². The first-order valence-corrected chi connectivity index (χ1v) is 9.47. The van der Waals surface area contributed by atoms with E-state index in [1.54, 1.807) is 0 Å². The minimum Gasteiger partial charge on any atom is -0.493 e. The zero-order valence-corrected chi connectivity index (χ0v) is 16.3. The third kappa shape index (κ3) is 2.88. The standard InChI is InChI=1S/C17H17Cl2FN2O2S/c1-9-13-14-10-6-4-5-7-12(10)23-8-11(14)16(2,3)24-15(13)22(21-9)25-17(18,19)20/h4-7,11,14H,8H2,1-3H3. The van der Waals surface area contributed by atoms with Crippen LogP contribution in [0.25, 0.3) is 0 Å². The van der Waals surface area contributed by atoms with Gasteiger partial charge >= 0.3 is 3.92 Å². The van der Waals surface area contributed by atoms with Crippen LogP contribution >= 0.6 is 35.1 Å². The lowest BCUT2D eigenvalue weighted by Crippen LogP contribution is -2.49. The number of alkyl halides is 3. The van der Waals surface area contributed by atoms with Gasteiger partial charge in [-0.05, 0) is 26.8 Å². The van der Waals surface area contributed by atoms with Crippen molar-refractivity contribution in [2.45, 2.75) is 36.2 Å². The van der Waals surface area contributed by atoms with Crippen molar-refractivity contribution in [3.8, 4) is 11.6 Å². The number of aryl methyl sites for hydroxylation is 1. The smallest absolute Gasteiger partial charge is 0.325 e. The quantitative estimate of drug-likeness (QED) is 0.657. The number of hydrogen-bond donors (Lipinski definition) is 0. The minimum atomic E-state index is -2.50. The van der Waals surface area contributed by atoms with Gasteiger partial charge in [0, 0.05) is 23.0 Å². The molecule has 2 aliphatic heterocycles. The first kappa shape index (κ1) is 17.3. The molecule has 0 saturated carbocycles. The molecule has 0 fully saturated rings. The first-order valence-electron chi connectivity index (χ1n) is 7.94. The maximum Gasteiger partial charge on any atom is 0.325 e. The Balaban J connectivity index is 1.91. The van der Waals surface area contributed by atoms with E-state index >= 15 is 0 Å². The number of aromatic nitrogens is 2. The van der Waals surface area contributed by atoms with E-state index in [4.69, 9.17) is 32.7 Å². The van der Waals surface area contributed by atoms with Crippen LogP contribution in [0, 0.1) is 12.8 Å². The number of rotatable bonds is 2. The van der Waals surface area contributed by atoms with Gasteiger partial charge in [-0.15, -0.1) is 0 Å². The van der Waals surface area contributed by atoms with Gasteiger partial charge in [0.1, 0.15) is 11.4 Å². The molecule has 134 valence electrons. The molecule has 0 aliphatic carbocycles. The molecule has 0 spiro atoms. The average Bonchev–Trinajstić information content (AvgIpc) is 2.79. The van der Waals surface area contributed by atoms with E-state index in [2.05, 4.69) is 11.2 Å². The predicted octanol–water partition coefficient (Wildman–Crippen LogP) is 5.06. The van der Waals surface area contributed by atoms with Crippen molar-refractivity contribution in [2.24, 2.45) is 5.92 Å². The van der Waals surface area contributed by atoms with Gasteiger partial charge in [-0.2, -0.15) is 13.6 Å². The fourth-order valence-corrected chi connectivity index (χ4v) is 4.72. The summed E-state index contributed by atoms with van der Waals surface area (Å²) in [5.41, 5.74) is 2.27. The van der Waals surface area contributed by atoms with Crippen LogP contribution in [0.1, 0.15) is 36.6 Å². The van der Waals surface area contributed by atoms with Gasteiger partial charge in [0.25, 0.3) is 0 Å². The summed E-state index contributed by atoms with van der Waals surface area (Å²) >= 11 is 11.6. The van der Waals surface area contributed by atoms with Crippen LogP contribution in [-0.2, 0) is 0 Å². The number of fused-ring (bicyclic) bond motifs is 5. The Morgan fingerprint density at radius 2 is 2.08 bits per heavy atom. The van der Waals surface area contributed by atoms with Crippen LogP contribution in [-0.4, -0.2) is 25.3 Å². The summed E-state index contributed by atoms with van der Waals surface area (Å²) in [4.78, 5) is 0. The number of hydrogen-bond acceptors (Lipinski definition) is 4. The van der Waals surface area contributed by atoms with E-state index in [0.29, 0.717) is 24.4 Å². The molecule has 25 heavy (non-hydrogen) atoms. The van der Waals surface area contributed by atoms with Crippen molar-refractivity contribution in [1.29, 1.82) is 0 Å². The maximum absolute atomic E-state index is 13.8. The molecule has 1 aromatic carbocycles. The predicted molar refractivity (Wildman–Crippen MR) is 97.5 cm³/mol. The molecule has 2 aromatic rings. The number of halogens is 3. The van der Waals surface area contributed by atoms with E-state index in [0.717, 1.165) is 22.6 Å². The molecular weight excluding hydrogens is 386 g/mol. The van der Waals surface area contributed by atoms with E-state index < -0.39 is 9.52 Å². The van der Waals surface area contributed by atoms with E-state index in [9.17, 15) is 4.39 Å². The number of nitrogens with zero attached hydrogens (tertiary/aromatic N) is 2. The van der Waals surface area contributed by atoms with Crippen molar-refractivity contribution < 1.29 is 13.9 Å². The second-order valence-electron chi connectivity index (χ2n) is 6.85. The van der Waals surface area contributed by atoms with Gasteiger partial charge in [-0.1, -0.05) is 41.4 Å². The molecular formula is C17H17Cl2FN2O2S. The molecule has 0 radical (unpaired) electrons. The molecule has 3 heterocycles. The SMILES string of the molecule is Cc1nn(SC(F)(Cl)Cl)c2c1C1c3ccccc3OCC1C(C)(C)O2. The molecule has 0 amide bonds. The molecule has 2 atom stereocenters. The van der Waals surface area contributed by atoms with Gasteiger partial charge in [-0.25, -0.2) is 0 Å². The number of ether oxygens (including phenoxy) is 2. The molecule has 0 N–H and O–H groups in total. The number of para-hydroxylation sites is 1. The Labute approximate surface area is 159 Å². The van der Waals surface area contributed by atoms with Gasteiger partial charge in [0.2, 0.25) is 5.88 Å². The molecule has 0 bridgehead atoms. The monoisotopic (exact) mass is 402 g/mol. The van der Waals surface area contributed by atoms with Gasteiger partial charge in [0.15, 0.2) is 0 Å². The van der Waals surface area contributed by atoms with Gasteiger partial charge in [-0.3, -0.25) is 0 Å². The Morgan fingerprint density at radius 3 is 2.80 bits per heavy atom. The minimum absolute atomic E-state index is 0.0534. The molecule has 4 rings (SSSR count). The summed E-state index contributed by atoms with van der Waals surface area (Å²) in [6.07, 6.45) is 0. The Morgan fingerprint density at radius 1 is 1.36 bits per heavy atom. The zero-order chi connectivity index (χ0) is 18.0. The van der Waals surface area contributed by atoms with E-state index in [1.807, 2.05) is 39.0 Å². The van der Waals surface area contributed by atoms with Crippen LogP contribution in [0.4, 0.5) is 4.39 Å². The van der Waals surface area contributed by atoms with Gasteiger partial charge < -0.3 is 9.47 Å². The lowest BCUT2D eigenvalue weighted by Gasteiger charge is -2.46. The van der Waals surface area contributed by atoms with Crippen LogP contribution in [0.2, 0.25) is 0 Å². The Kier molecular flexibility index (Phi) is 3.94. The summed E-state index contributed by atoms with van der Waals surface area (Å²) < 4.78 is 24.8. The van der Waals surface area contributed by atoms with Crippen molar-refractivity contribution >= 4 is 35.1 Å². The molecule has 2 aliphatic rings. The summed E-state index contributed by atoms with van der Waals surface area (Å²) in [5.74, 6) is 1.52. The highest BCUT2D eigenvalue weighted by atomic mass is 35.5. The third-order valence-electron chi connectivity index (χ3n) is 4.86. The summed E-state index contributed by atoms with van der Waals surface area (Å²) in [6.45, 7) is 6.44. The molecule has 0 saturated heterocycles. The van der Waals surface area contributed by atoms with Crippen molar-refractivity contribution in [1.82, 2.24) is 9.19 Å². The highest BCUT2D eigenvalue weighted by Crippen LogP contribution is 2.54. The molecule has 1 aromatic heterocycles. The second kappa shape index (κ2) is 5.69. The second-order valence-corrected chi connectivity index (χ2v) is 9.63. The van der Waals surface area contributed by atoms with E-state index in [-0.39, 0.29) is 11.8 Å². The lowest BCUT2D eigenvalue weighted by molar-refractivity contribution is -0.0176. The maximum atomic E-state index is 13.8. The van der Waals surface area contributed by atoms with Crippen LogP contribution in [0.15, 0.2) is 24.3 Å². The molecule has 2 unspecified atom stereocenters. The van der Waals surface area contributed by atoms with Gasteiger partial charge in [0.05, 0.1) is 24.2 Å². The summed E-state index contributed by atoms with van der Waals surface area (Å²) in [5, 5.41) is 4.41. The highest BCUT2D eigenvalue weighted by Gasteiger charge is 2.50. The number of benzene rings is 1. The van der Waals surface area contributed by atoms with Crippen LogP contribution in [0.5, 0.6) is 11.6 Å². The van der Waals surface area contributed by atoms with Crippen molar-refractivity contribution in [2.75, 3.05) is 6.61 Å².